The summed E-state index contributed by atoms with van der Waals surface area (Å²) < 4.78 is 28.2. The molecule has 4 nitrogen and oxygen atoms in total. The van der Waals surface area contributed by atoms with Gasteiger partial charge in [0.1, 0.15) is 25.0 Å². The molecule has 1 atom stereocenters. The number of nitrogens with zero attached hydrogens (tertiary/aromatic N) is 3. The third-order valence-corrected chi connectivity index (χ3v) is 2.12. The van der Waals surface area contributed by atoms with Crippen LogP contribution in [0.4, 0.5) is 8.78 Å². The molecule has 84 valence electrons. The zero-order valence-electron chi connectivity index (χ0n) is 8.22. The molecule has 0 radical (unpaired) electrons. The van der Waals surface area contributed by atoms with E-state index in [4.69, 9.17) is 0 Å². The van der Waals surface area contributed by atoms with Crippen molar-refractivity contribution in [1.82, 2.24) is 14.8 Å². The van der Waals surface area contributed by atoms with Crippen molar-refractivity contribution in [1.29, 1.82) is 0 Å². The van der Waals surface area contributed by atoms with Crippen molar-refractivity contribution in [2.24, 2.45) is 0 Å². The number of hydrogen-bond donors (Lipinski definition) is 1. The predicted molar refractivity (Wildman–Crippen MR) is 51.4 cm³/mol. The predicted octanol–water partition coefficient (Wildman–Crippen LogP) is 1.23. The lowest BCUT2D eigenvalue weighted by Gasteiger charge is -2.19. The van der Waals surface area contributed by atoms with Gasteiger partial charge in [-0.1, -0.05) is 18.2 Å². The van der Waals surface area contributed by atoms with Crippen molar-refractivity contribution in [2.75, 3.05) is 0 Å². The molecule has 0 saturated carbocycles. The topological polar surface area (TPSA) is 50.9 Å². The normalized spacial score (nSPS) is 14.7. The van der Waals surface area contributed by atoms with Gasteiger partial charge in [-0.25, -0.2) is 18.4 Å². The van der Waals surface area contributed by atoms with E-state index in [1.54, 1.807) is 0 Å². The van der Waals surface area contributed by atoms with Gasteiger partial charge in [-0.3, -0.25) is 0 Å². The van der Waals surface area contributed by atoms with Crippen LogP contribution in [0.15, 0.2) is 36.9 Å². The van der Waals surface area contributed by atoms with Crippen molar-refractivity contribution in [3.63, 3.8) is 0 Å². The van der Waals surface area contributed by atoms with Crippen LogP contribution in [0.5, 0.6) is 0 Å². The zero-order chi connectivity index (χ0) is 11.6. The Bertz CT molecular complexity index is 471. The fourth-order valence-corrected chi connectivity index (χ4v) is 1.39. The summed E-state index contributed by atoms with van der Waals surface area (Å²) in [6.07, 6.45) is 2.45. The first-order valence-corrected chi connectivity index (χ1v) is 4.58. The van der Waals surface area contributed by atoms with Crippen molar-refractivity contribution >= 4 is 0 Å². The minimum atomic E-state index is -2.81. The highest BCUT2D eigenvalue weighted by Crippen LogP contribution is 2.26. The van der Waals surface area contributed by atoms with Crippen molar-refractivity contribution in [3.8, 4) is 0 Å². The highest BCUT2D eigenvalue weighted by molar-refractivity contribution is 5.21. The smallest absolute Gasteiger partial charge is 0.255 e. The molecular formula is C10H9F2N3O. The summed E-state index contributed by atoms with van der Waals surface area (Å²) in [6, 6.07) is 5.14. The van der Waals surface area contributed by atoms with Crippen LogP contribution in [0.2, 0.25) is 0 Å². The van der Waals surface area contributed by atoms with E-state index in [-0.39, 0.29) is 0 Å². The van der Waals surface area contributed by atoms with Gasteiger partial charge in [0.15, 0.2) is 0 Å². The van der Waals surface area contributed by atoms with Crippen LogP contribution in [0, 0.1) is 5.82 Å². The maximum Gasteiger partial charge on any atom is 0.255 e. The van der Waals surface area contributed by atoms with Gasteiger partial charge in [-0.2, -0.15) is 5.10 Å². The summed E-state index contributed by atoms with van der Waals surface area (Å²) in [6.45, 7) is -0.506. The molecule has 0 spiro atoms. The van der Waals surface area contributed by atoms with Crippen LogP contribution < -0.4 is 0 Å². The average molecular weight is 225 g/mol. The molecule has 0 aliphatic rings. The summed E-state index contributed by atoms with van der Waals surface area (Å²) in [4.78, 5) is 3.60. The molecule has 1 aromatic heterocycles. The molecular weight excluding hydrogens is 216 g/mol. The van der Waals surface area contributed by atoms with Crippen molar-refractivity contribution < 1.29 is 13.9 Å². The lowest BCUT2D eigenvalue weighted by Crippen LogP contribution is -2.27. The molecule has 0 aliphatic carbocycles. The fourth-order valence-electron chi connectivity index (χ4n) is 1.39. The lowest BCUT2D eigenvalue weighted by atomic mass is 10.1. The minimum Gasteiger partial charge on any atom is -0.357 e. The molecule has 1 heterocycles. The Balaban J connectivity index is 2.28. The van der Waals surface area contributed by atoms with E-state index in [9.17, 15) is 13.9 Å². The van der Waals surface area contributed by atoms with Gasteiger partial charge < -0.3 is 5.11 Å². The summed E-state index contributed by atoms with van der Waals surface area (Å²) in [5, 5.41) is 13.2. The highest BCUT2D eigenvalue weighted by Gasteiger charge is 2.32. The molecule has 0 fully saturated rings. The largest absolute Gasteiger partial charge is 0.357 e. The number of aromatic nitrogens is 3. The van der Waals surface area contributed by atoms with E-state index >= 15 is 0 Å². The van der Waals surface area contributed by atoms with Crippen LogP contribution in [-0.2, 0) is 12.4 Å². The van der Waals surface area contributed by atoms with Gasteiger partial charge in [0.05, 0.1) is 5.56 Å². The second-order valence-corrected chi connectivity index (χ2v) is 3.33. The van der Waals surface area contributed by atoms with E-state index in [0.717, 1.165) is 10.7 Å². The van der Waals surface area contributed by atoms with Crippen molar-refractivity contribution in [3.05, 3.63) is 48.3 Å². The third-order valence-electron chi connectivity index (χ3n) is 2.12. The molecule has 16 heavy (non-hydrogen) atoms. The van der Waals surface area contributed by atoms with Gasteiger partial charge >= 0.3 is 0 Å². The maximum absolute atomic E-state index is 13.9. The average Bonchev–Trinajstić information content (AvgIpc) is 2.70. The number of aliphatic hydroxyl groups is 1. The Labute approximate surface area is 90.2 Å². The summed E-state index contributed by atoms with van der Waals surface area (Å²) >= 11 is 0. The molecule has 0 aliphatic heterocycles. The van der Waals surface area contributed by atoms with Crippen LogP contribution >= 0.6 is 0 Å². The fraction of sp³-hybridized carbons (Fsp3) is 0.200. The second-order valence-electron chi connectivity index (χ2n) is 3.33. The first-order valence-electron chi connectivity index (χ1n) is 4.58. The van der Waals surface area contributed by atoms with E-state index in [0.29, 0.717) is 0 Å². The molecule has 1 N–H and O–H groups in total. The van der Waals surface area contributed by atoms with Gasteiger partial charge in [0.2, 0.25) is 0 Å². The Hall–Kier alpha value is -1.82. The minimum absolute atomic E-state index is 0.412. The number of halogens is 2. The van der Waals surface area contributed by atoms with Crippen LogP contribution in [0.25, 0.3) is 0 Å². The van der Waals surface area contributed by atoms with Gasteiger partial charge in [0.25, 0.3) is 5.85 Å². The monoisotopic (exact) mass is 225 g/mol. The summed E-state index contributed by atoms with van der Waals surface area (Å²) in [5.74, 6) is -3.61. The maximum atomic E-state index is 13.9. The quantitative estimate of drug-likeness (QED) is 0.854. The molecule has 1 unspecified atom stereocenters. The number of hydrogen-bond acceptors (Lipinski definition) is 3. The third kappa shape index (κ3) is 2.06. The SMILES string of the molecule is OC(F)(Cn1cncn1)c1ccccc1F. The zero-order valence-corrected chi connectivity index (χ0v) is 8.22. The Morgan fingerprint density at radius 3 is 2.75 bits per heavy atom. The highest BCUT2D eigenvalue weighted by atomic mass is 19.2. The van der Waals surface area contributed by atoms with Crippen molar-refractivity contribution in [2.45, 2.75) is 12.4 Å². The van der Waals surface area contributed by atoms with Crippen LogP contribution in [0.3, 0.4) is 0 Å². The molecule has 6 heteroatoms. The number of rotatable bonds is 3. The van der Waals surface area contributed by atoms with E-state index in [1.165, 1.54) is 30.9 Å². The Morgan fingerprint density at radius 2 is 2.12 bits per heavy atom. The number of benzene rings is 1. The molecule has 0 amide bonds. The van der Waals surface area contributed by atoms with Gasteiger partial charge in [-0.05, 0) is 6.07 Å². The summed E-state index contributed by atoms with van der Waals surface area (Å²) in [5.41, 5.74) is -0.412. The summed E-state index contributed by atoms with van der Waals surface area (Å²) in [7, 11) is 0. The number of alkyl halides is 1. The molecule has 2 rings (SSSR count). The van der Waals surface area contributed by atoms with E-state index < -0.39 is 23.8 Å². The van der Waals surface area contributed by atoms with E-state index in [2.05, 4.69) is 10.1 Å². The molecule has 2 aromatic rings. The van der Waals surface area contributed by atoms with Crippen LogP contribution in [0.1, 0.15) is 5.56 Å². The Morgan fingerprint density at radius 1 is 1.38 bits per heavy atom. The second kappa shape index (κ2) is 3.97. The molecule has 0 bridgehead atoms. The van der Waals surface area contributed by atoms with Crippen LogP contribution in [-0.4, -0.2) is 19.9 Å². The van der Waals surface area contributed by atoms with E-state index in [1.807, 2.05) is 0 Å². The first kappa shape index (κ1) is 10.7. The van der Waals surface area contributed by atoms with Gasteiger partial charge in [0, 0.05) is 0 Å². The molecule has 1 aromatic carbocycles. The Kier molecular flexibility index (Phi) is 2.66. The van der Waals surface area contributed by atoms with Gasteiger partial charge in [-0.15, -0.1) is 0 Å². The first-order chi connectivity index (χ1) is 7.59. The standard InChI is InChI=1S/C10H9F2N3O/c11-9-4-2-1-3-8(9)10(12,16)5-15-7-13-6-14-15/h1-4,6-7,16H,5H2. The molecule has 0 saturated heterocycles. The lowest BCUT2D eigenvalue weighted by molar-refractivity contribution is -0.113.